The van der Waals surface area contributed by atoms with Crippen molar-refractivity contribution in [1.82, 2.24) is 0 Å². The molecule has 0 aliphatic heterocycles. The van der Waals surface area contributed by atoms with Gasteiger partial charge in [0.1, 0.15) is 0 Å². The van der Waals surface area contributed by atoms with Crippen molar-refractivity contribution in [3.8, 4) is 0 Å². The predicted molar refractivity (Wildman–Crippen MR) is 48.2 cm³/mol. The number of hydrogen-bond acceptors (Lipinski definition) is 2. The van der Waals surface area contributed by atoms with Crippen LogP contribution in [-0.4, -0.2) is 5.96 Å². The third-order valence-corrected chi connectivity index (χ3v) is 1.77. The van der Waals surface area contributed by atoms with E-state index in [2.05, 4.69) is 4.99 Å². The van der Waals surface area contributed by atoms with Crippen LogP contribution < -0.4 is 11.5 Å². The zero-order chi connectivity index (χ0) is 9.84. The van der Waals surface area contributed by atoms with Crippen molar-refractivity contribution in [3.63, 3.8) is 0 Å². The number of nitrogens with zero attached hydrogens (tertiary/aromatic N) is 1. The monoisotopic (exact) mass is 200 g/mol. The Morgan fingerprint density at radius 3 is 2.62 bits per heavy atom. The van der Waals surface area contributed by atoms with Crippen molar-refractivity contribution >= 4 is 23.3 Å². The molecule has 0 saturated carbocycles. The molecule has 0 saturated heterocycles. The fourth-order valence-corrected chi connectivity index (χ4v) is 1.04. The van der Waals surface area contributed by atoms with Gasteiger partial charge in [-0.1, -0.05) is 0 Å². The van der Waals surface area contributed by atoms with E-state index in [0.717, 1.165) is 6.07 Å². The zero-order valence-electron chi connectivity index (χ0n) is 6.53. The van der Waals surface area contributed by atoms with Gasteiger partial charge in [0.15, 0.2) is 11.8 Å². The smallest absolute Gasteiger partial charge is 0.370 e. The van der Waals surface area contributed by atoms with E-state index in [1.165, 1.54) is 12.1 Å². The first-order valence-corrected chi connectivity index (χ1v) is 4.06. The van der Waals surface area contributed by atoms with Gasteiger partial charge >= 0.3 is 16.6 Å². The van der Waals surface area contributed by atoms with Crippen molar-refractivity contribution in [2.24, 2.45) is 16.5 Å². The third kappa shape index (κ3) is 2.45. The van der Waals surface area contributed by atoms with Crippen LogP contribution in [0, 0.1) is 5.82 Å². The number of hydrogen-bond donors (Lipinski definition) is 2. The van der Waals surface area contributed by atoms with Crippen molar-refractivity contribution in [2.45, 2.75) is 4.90 Å². The molecule has 68 valence electrons. The number of guanidine groups is 1. The van der Waals surface area contributed by atoms with Crippen LogP contribution in [0.2, 0.25) is 0 Å². The molecule has 0 spiro atoms. The molecule has 0 amide bonds. The molecule has 4 N–H and O–H groups in total. The summed E-state index contributed by atoms with van der Waals surface area (Å²) in [6.45, 7) is 0. The second kappa shape index (κ2) is 3.90. The van der Waals surface area contributed by atoms with Crippen LogP contribution in [0.25, 0.3) is 0 Å². The Kier molecular flexibility index (Phi) is 2.86. The first kappa shape index (κ1) is 9.53. The molecule has 0 heterocycles. The number of rotatable bonds is 2. The Bertz CT molecular complexity index is 363. The first-order valence-electron chi connectivity index (χ1n) is 3.32. The molecule has 0 atom stereocenters. The van der Waals surface area contributed by atoms with Crippen LogP contribution in [0.1, 0.15) is 0 Å². The fraction of sp³-hybridized carbons (Fsp3) is 0. The van der Waals surface area contributed by atoms with Gasteiger partial charge in [0, 0.05) is 16.3 Å². The molecule has 0 aromatic heterocycles. The molecule has 0 aliphatic rings. The molecule has 13 heavy (non-hydrogen) atoms. The lowest BCUT2D eigenvalue weighted by Gasteiger charge is -1.92. The minimum absolute atomic E-state index is 0.0227. The summed E-state index contributed by atoms with van der Waals surface area (Å²) in [4.78, 5) is 3.64. The van der Waals surface area contributed by atoms with E-state index >= 15 is 0 Å². The van der Waals surface area contributed by atoms with E-state index < -0.39 is 5.82 Å². The Morgan fingerprint density at radius 2 is 2.15 bits per heavy atom. The minimum atomic E-state index is -0.623. The van der Waals surface area contributed by atoms with Crippen LogP contribution in [0.3, 0.4) is 0 Å². The standard InChI is InChI=1S/C7H7FN3OS/c8-5-3-4(11-7(9)10)1-2-6(5)13-12/h1-3H,(H4,9,10,11)/q+1. The average molecular weight is 200 g/mol. The highest BCUT2D eigenvalue weighted by atomic mass is 32.1. The topological polar surface area (TPSA) is 81.5 Å². The minimum Gasteiger partial charge on any atom is -0.370 e. The van der Waals surface area contributed by atoms with Gasteiger partial charge < -0.3 is 11.5 Å². The normalized spacial score (nSPS) is 9.31. The van der Waals surface area contributed by atoms with Crippen molar-refractivity contribution in [3.05, 3.63) is 24.0 Å². The molecule has 4 nitrogen and oxygen atoms in total. The number of halogens is 1. The van der Waals surface area contributed by atoms with E-state index in [4.69, 9.17) is 11.5 Å². The molecule has 6 heteroatoms. The Morgan fingerprint density at radius 1 is 1.46 bits per heavy atom. The molecule has 0 fully saturated rings. The Balaban J connectivity index is 3.10. The van der Waals surface area contributed by atoms with Crippen LogP contribution in [0.5, 0.6) is 0 Å². The Hall–Kier alpha value is -1.56. The van der Waals surface area contributed by atoms with E-state index in [9.17, 15) is 8.60 Å². The highest BCUT2D eigenvalue weighted by Crippen LogP contribution is 2.16. The Labute approximate surface area is 77.9 Å². The zero-order valence-corrected chi connectivity index (χ0v) is 7.34. The van der Waals surface area contributed by atoms with E-state index in [1.807, 2.05) is 0 Å². The van der Waals surface area contributed by atoms with Crippen molar-refractivity contribution < 1.29 is 8.60 Å². The maximum Gasteiger partial charge on any atom is 0.508 e. The molecule has 1 rings (SSSR count). The SMILES string of the molecule is NC(N)=Nc1ccc([S+]=O)c(F)c1. The van der Waals surface area contributed by atoms with E-state index in [0.29, 0.717) is 0 Å². The lowest BCUT2D eigenvalue weighted by molar-refractivity contribution is 0.583. The summed E-state index contributed by atoms with van der Waals surface area (Å²) in [7, 11) is 0. The number of benzene rings is 1. The van der Waals surface area contributed by atoms with Gasteiger partial charge in [0.25, 0.3) is 0 Å². The quantitative estimate of drug-likeness (QED) is 0.415. The van der Waals surface area contributed by atoms with Gasteiger partial charge in [-0.05, 0) is 6.07 Å². The molecule has 1 aromatic carbocycles. The molecule has 0 bridgehead atoms. The maximum atomic E-state index is 12.9. The third-order valence-electron chi connectivity index (χ3n) is 1.26. The second-order valence-corrected chi connectivity index (χ2v) is 2.84. The number of aliphatic imine (C=N–C) groups is 1. The largest absolute Gasteiger partial charge is 0.508 e. The molecule has 1 aromatic rings. The summed E-state index contributed by atoms with van der Waals surface area (Å²) in [6.07, 6.45) is 0. The van der Waals surface area contributed by atoms with Gasteiger partial charge in [0.2, 0.25) is 0 Å². The lowest BCUT2D eigenvalue weighted by Crippen LogP contribution is -2.21. The van der Waals surface area contributed by atoms with Crippen molar-refractivity contribution in [1.29, 1.82) is 0 Å². The lowest BCUT2D eigenvalue weighted by atomic mass is 10.3. The molecular formula is C7H7FN3OS+. The van der Waals surface area contributed by atoms with Gasteiger partial charge in [-0.3, -0.25) is 0 Å². The molecule has 0 aliphatic carbocycles. The van der Waals surface area contributed by atoms with Crippen LogP contribution >= 0.6 is 0 Å². The molecule has 0 radical (unpaired) electrons. The second-order valence-electron chi connectivity index (χ2n) is 2.23. The maximum absolute atomic E-state index is 12.9. The van der Waals surface area contributed by atoms with Gasteiger partial charge in [-0.25, -0.2) is 9.38 Å². The molecular weight excluding hydrogens is 193 g/mol. The summed E-state index contributed by atoms with van der Waals surface area (Å²) in [5.41, 5.74) is 10.5. The predicted octanol–water partition coefficient (Wildman–Crippen LogP) is 0.518. The number of nitrogens with two attached hydrogens (primary N) is 2. The van der Waals surface area contributed by atoms with Crippen LogP contribution in [-0.2, 0) is 15.9 Å². The highest BCUT2D eigenvalue weighted by molar-refractivity contribution is 7.65. The molecule has 0 unspecified atom stereocenters. The van der Waals surface area contributed by atoms with Gasteiger partial charge in [0.05, 0.1) is 5.69 Å². The van der Waals surface area contributed by atoms with Gasteiger partial charge in [-0.2, -0.15) is 0 Å². The summed E-state index contributed by atoms with van der Waals surface area (Å²) in [5.74, 6) is -0.774. The van der Waals surface area contributed by atoms with Gasteiger partial charge in [-0.15, -0.1) is 0 Å². The van der Waals surface area contributed by atoms with Crippen LogP contribution in [0.4, 0.5) is 10.1 Å². The summed E-state index contributed by atoms with van der Waals surface area (Å²) in [6, 6.07) is 3.89. The summed E-state index contributed by atoms with van der Waals surface area (Å²) < 4.78 is 23.2. The van der Waals surface area contributed by atoms with Crippen molar-refractivity contribution in [2.75, 3.05) is 0 Å². The first-order chi connectivity index (χ1) is 6.13. The summed E-state index contributed by atoms with van der Waals surface area (Å²) in [5, 5.41) is 0. The average Bonchev–Trinajstić information content (AvgIpc) is 2.03. The van der Waals surface area contributed by atoms with Crippen LogP contribution in [0.15, 0.2) is 28.1 Å². The summed E-state index contributed by atoms with van der Waals surface area (Å²) >= 11 is 0.0870. The fourth-order valence-electron chi connectivity index (χ4n) is 0.776. The van der Waals surface area contributed by atoms with E-state index in [1.54, 1.807) is 0 Å². The highest BCUT2D eigenvalue weighted by Gasteiger charge is 2.14. The van der Waals surface area contributed by atoms with E-state index in [-0.39, 0.29) is 28.2 Å².